The van der Waals surface area contributed by atoms with Crippen molar-refractivity contribution in [2.45, 2.75) is 37.9 Å². The van der Waals surface area contributed by atoms with Crippen LogP contribution in [0, 0.1) is 29.5 Å². The Bertz CT molecular complexity index is 1060. The largest absolute Gasteiger partial charge is 0.477 e. The van der Waals surface area contributed by atoms with Crippen molar-refractivity contribution in [2.24, 2.45) is 29.4 Å². The third-order valence-electron chi connectivity index (χ3n) is 7.43. The molecule has 2 unspecified atom stereocenters. The minimum atomic E-state index is -1.11. The van der Waals surface area contributed by atoms with Crippen LogP contribution in [0.5, 0.6) is 5.88 Å². The molecule has 2 aromatic rings. The van der Waals surface area contributed by atoms with Crippen LogP contribution in [0.2, 0.25) is 0 Å². The Morgan fingerprint density at radius 3 is 2.70 bits per heavy atom. The minimum Gasteiger partial charge on any atom is -0.477 e. The van der Waals surface area contributed by atoms with Gasteiger partial charge in [0.15, 0.2) is 0 Å². The first-order valence-corrected chi connectivity index (χ1v) is 11.3. The number of halogens is 2. The third-order valence-corrected chi connectivity index (χ3v) is 7.43. The van der Waals surface area contributed by atoms with Gasteiger partial charge in [-0.05, 0) is 54.7 Å². The Morgan fingerprint density at radius 1 is 1.12 bits per heavy atom. The molecule has 0 radical (unpaired) electrons. The summed E-state index contributed by atoms with van der Waals surface area (Å²) in [6, 6.07) is 7.06. The Labute approximate surface area is 190 Å². The fourth-order valence-corrected chi connectivity index (χ4v) is 5.66. The first kappa shape index (κ1) is 21.7. The van der Waals surface area contributed by atoms with Gasteiger partial charge in [0.1, 0.15) is 24.0 Å². The van der Waals surface area contributed by atoms with Crippen molar-refractivity contribution < 1.29 is 23.1 Å². The second-order valence-corrected chi connectivity index (χ2v) is 9.40. The molecule has 7 nitrogen and oxygen atoms in total. The van der Waals surface area contributed by atoms with Gasteiger partial charge in [-0.1, -0.05) is 12.1 Å². The highest BCUT2D eigenvalue weighted by Gasteiger charge is 2.51. The van der Waals surface area contributed by atoms with E-state index in [1.54, 1.807) is 17.0 Å². The monoisotopic (exact) mass is 456 g/mol. The van der Waals surface area contributed by atoms with E-state index in [1.807, 2.05) is 0 Å². The number of amides is 2. The molecule has 2 amide bonds. The number of benzene rings is 1. The fourth-order valence-electron chi connectivity index (χ4n) is 5.66. The van der Waals surface area contributed by atoms with Crippen LogP contribution in [0.1, 0.15) is 47.8 Å². The quantitative estimate of drug-likeness (QED) is 0.720. The van der Waals surface area contributed by atoms with Gasteiger partial charge in [-0.2, -0.15) is 0 Å². The summed E-state index contributed by atoms with van der Waals surface area (Å²) >= 11 is 0. The van der Waals surface area contributed by atoms with E-state index < -0.39 is 18.1 Å². The summed E-state index contributed by atoms with van der Waals surface area (Å²) in [5, 5.41) is 0. The van der Waals surface area contributed by atoms with Crippen LogP contribution in [0.15, 0.2) is 36.7 Å². The minimum absolute atomic E-state index is 0.0457. The van der Waals surface area contributed by atoms with E-state index >= 15 is 0 Å². The number of rotatable bonds is 6. The van der Waals surface area contributed by atoms with Crippen molar-refractivity contribution in [3.63, 3.8) is 0 Å². The molecule has 174 valence electrons. The predicted octanol–water partition coefficient (Wildman–Crippen LogP) is 3.07. The maximum atomic E-state index is 14.4. The number of nitrogens with zero attached hydrogens (tertiary/aromatic N) is 3. The van der Waals surface area contributed by atoms with Gasteiger partial charge in [-0.15, -0.1) is 0 Å². The number of nitrogens with two attached hydrogens (primary N) is 1. The number of hydrogen-bond donors (Lipinski definition) is 1. The summed E-state index contributed by atoms with van der Waals surface area (Å²) in [6.07, 6.45) is 2.85. The zero-order valence-electron chi connectivity index (χ0n) is 18.1. The summed E-state index contributed by atoms with van der Waals surface area (Å²) in [4.78, 5) is 34.3. The molecule has 1 saturated heterocycles. The van der Waals surface area contributed by atoms with Crippen molar-refractivity contribution >= 4 is 11.8 Å². The molecular weight excluding hydrogens is 430 g/mol. The van der Waals surface area contributed by atoms with E-state index in [-0.39, 0.29) is 48.1 Å². The average molecular weight is 456 g/mol. The Hall–Kier alpha value is -3.10. The van der Waals surface area contributed by atoms with Gasteiger partial charge >= 0.3 is 0 Å². The van der Waals surface area contributed by atoms with E-state index in [1.165, 1.54) is 24.5 Å². The molecule has 2 heterocycles. The molecule has 6 rings (SSSR count). The lowest BCUT2D eigenvalue weighted by atomic mass is 9.55. The molecule has 0 spiro atoms. The normalized spacial score (nSPS) is 30.5. The maximum absolute atomic E-state index is 14.4. The number of alkyl halides is 1. The number of aromatic nitrogens is 2. The zero-order chi connectivity index (χ0) is 23.1. The van der Waals surface area contributed by atoms with Gasteiger partial charge in [0, 0.05) is 18.4 Å². The summed E-state index contributed by atoms with van der Waals surface area (Å²) in [7, 11) is 0. The van der Waals surface area contributed by atoms with E-state index in [9.17, 15) is 18.4 Å². The van der Waals surface area contributed by atoms with Gasteiger partial charge in [0.2, 0.25) is 11.8 Å². The molecule has 4 fully saturated rings. The van der Waals surface area contributed by atoms with Crippen LogP contribution in [-0.4, -0.2) is 46.0 Å². The lowest BCUT2D eigenvalue weighted by molar-refractivity contribution is -0.147. The SMILES string of the molecule is NC(=O)c1cc(OC[C@@H]2C[C@H](C(=O)N3CC(F)CC3c3cccc(F)c3)C3CC2C3)ncn1. The number of carbonyl (C=O) groups excluding carboxylic acids is 2. The molecule has 2 N–H and O–H groups in total. The van der Waals surface area contributed by atoms with Crippen LogP contribution in [0.25, 0.3) is 0 Å². The van der Waals surface area contributed by atoms with Gasteiger partial charge in [-0.3, -0.25) is 9.59 Å². The van der Waals surface area contributed by atoms with E-state index in [0.29, 0.717) is 30.4 Å². The molecular formula is C24H26F2N4O3. The lowest BCUT2D eigenvalue weighted by Crippen LogP contribution is -2.50. The van der Waals surface area contributed by atoms with Gasteiger partial charge < -0.3 is 15.4 Å². The summed E-state index contributed by atoms with van der Waals surface area (Å²) in [5.74, 6) is -0.0807. The number of primary amides is 1. The first-order valence-electron chi connectivity index (χ1n) is 11.3. The van der Waals surface area contributed by atoms with Crippen molar-refractivity contribution in [3.8, 4) is 5.88 Å². The maximum Gasteiger partial charge on any atom is 0.267 e. The van der Waals surface area contributed by atoms with Gasteiger partial charge in [0.05, 0.1) is 19.2 Å². The van der Waals surface area contributed by atoms with Gasteiger partial charge in [0.25, 0.3) is 5.91 Å². The van der Waals surface area contributed by atoms with Crippen molar-refractivity contribution in [1.29, 1.82) is 0 Å². The molecule has 3 aliphatic carbocycles. The second kappa shape index (κ2) is 8.68. The van der Waals surface area contributed by atoms with Crippen LogP contribution in [-0.2, 0) is 4.79 Å². The van der Waals surface area contributed by atoms with Crippen LogP contribution in [0.3, 0.4) is 0 Å². The number of carbonyl (C=O) groups is 2. The standard InChI is InChI=1S/C24H26F2N4O3/c25-17-3-1-2-13(6-17)21-8-18(26)10-30(21)24(32)19-7-16(14-4-15(19)5-14)11-33-22-9-20(23(27)31)28-12-29-22/h1-3,6,9,12,14-16,18-19,21H,4-5,7-8,10-11H2,(H2,27,31)/t14?,15?,16-,18?,19-,21?/m0/s1. The van der Waals surface area contributed by atoms with E-state index in [0.717, 1.165) is 12.8 Å². The van der Waals surface area contributed by atoms with Gasteiger partial charge in [-0.25, -0.2) is 18.7 Å². The lowest BCUT2D eigenvalue weighted by Gasteiger charge is -2.51. The number of fused-ring (bicyclic) bond motifs is 2. The molecule has 1 aliphatic heterocycles. The van der Waals surface area contributed by atoms with Crippen LogP contribution in [0.4, 0.5) is 8.78 Å². The molecule has 3 saturated carbocycles. The van der Waals surface area contributed by atoms with Crippen molar-refractivity contribution in [3.05, 3.63) is 53.7 Å². The predicted molar refractivity (Wildman–Crippen MR) is 114 cm³/mol. The summed E-state index contributed by atoms with van der Waals surface area (Å²) < 4.78 is 34.0. The van der Waals surface area contributed by atoms with Crippen molar-refractivity contribution in [2.75, 3.05) is 13.2 Å². The topological polar surface area (TPSA) is 98.4 Å². The van der Waals surface area contributed by atoms with Crippen LogP contribution >= 0.6 is 0 Å². The molecule has 1 aromatic carbocycles. The molecule has 9 heteroatoms. The van der Waals surface area contributed by atoms with Crippen molar-refractivity contribution in [1.82, 2.24) is 14.9 Å². The Balaban J connectivity index is 1.27. The highest BCUT2D eigenvalue weighted by Crippen LogP contribution is 2.53. The molecule has 4 aliphatic rings. The zero-order valence-corrected chi connectivity index (χ0v) is 18.1. The Morgan fingerprint density at radius 2 is 1.94 bits per heavy atom. The molecule has 33 heavy (non-hydrogen) atoms. The highest BCUT2D eigenvalue weighted by atomic mass is 19.1. The number of ether oxygens (including phenoxy) is 1. The molecule has 1 aromatic heterocycles. The Kier molecular flexibility index (Phi) is 5.72. The van der Waals surface area contributed by atoms with E-state index in [2.05, 4.69) is 9.97 Å². The summed E-state index contributed by atoms with van der Waals surface area (Å²) in [5.41, 5.74) is 5.98. The third kappa shape index (κ3) is 4.28. The average Bonchev–Trinajstić information content (AvgIpc) is 3.18. The molecule has 2 bridgehead atoms. The second-order valence-electron chi connectivity index (χ2n) is 9.40. The van der Waals surface area contributed by atoms with Crippen LogP contribution < -0.4 is 10.5 Å². The molecule has 4 atom stereocenters. The van der Waals surface area contributed by atoms with E-state index in [4.69, 9.17) is 10.5 Å². The number of likely N-dealkylation sites (tertiary alicyclic amines) is 1. The smallest absolute Gasteiger partial charge is 0.267 e. The highest BCUT2D eigenvalue weighted by molar-refractivity contribution is 5.90. The first-order chi connectivity index (χ1) is 15.9. The summed E-state index contributed by atoms with van der Waals surface area (Å²) in [6.45, 7) is 0.417. The number of hydrogen-bond acceptors (Lipinski definition) is 5. The fraction of sp³-hybridized carbons (Fsp3) is 0.500.